The van der Waals surface area contributed by atoms with Gasteiger partial charge in [0, 0.05) is 23.2 Å². The second-order valence-electron chi connectivity index (χ2n) is 8.99. The van der Waals surface area contributed by atoms with Gasteiger partial charge in [-0.25, -0.2) is 31.1 Å². The summed E-state index contributed by atoms with van der Waals surface area (Å²) < 4.78 is 57.7. The summed E-state index contributed by atoms with van der Waals surface area (Å²) in [6, 6.07) is 10.5. The van der Waals surface area contributed by atoms with Crippen LogP contribution in [0.4, 0.5) is 14.6 Å². The Balaban J connectivity index is 1.69. The molecule has 2 heterocycles. The molecule has 0 saturated heterocycles. The van der Waals surface area contributed by atoms with Crippen molar-refractivity contribution in [1.29, 1.82) is 5.26 Å². The molecule has 1 saturated carbocycles. The van der Waals surface area contributed by atoms with Crippen molar-refractivity contribution in [2.24, 2.45) is 0 Å². The standard InChI is InChI=1S/C26H23F2N5O2S/c1-16-7-9-19(10-8-16)36(34,35)33-15-21(20-11-17(13-29)12-22(27)24(20)33)25-30-14-23(28)26(32-25)31-18-5-3-2-4-6-18/h7-12,14-15,18H,2-6H2,1H3,(H,30,31,32). The van der Waals surface area contributed by atoms with Crippen LogP contribution in [-0.2, 0) is 10.0 Å². The first-order chi connectivity index (χ1) is 17.3. The first-order valence-electron chi connectivity index (χ1n) is 11.6. The molecule has 2 aromatic carbocycles. The van der Waals surface area contributed by atoms with Gasteiger partial charge in [0.05, 0.1) is 22.7 Å². The Bertz CT molecular complexity index is 1600. The second-order valence-corrected chi connectivity index (χ2v) is 10.8. The van der Waals surface area contributed by atoms with Gasteiger partial charge in [0.1, 0.15) is 11.3 Å². The normalized spacial score (nSPS) is 14.6. The van der Waals surface area contributed by atoms with E-state index < -0.39 is 21.7 Å². The van der Waals surface area contributed by atoms with Crippen molar-refractivity contribution in [3.8, 4) is 17.5 Å². The predicted molar refractivity (Wildman–Crippen MR) is 132 cm³/mol. The lowest BCUT2D eigenvalue weighted by atomic mass is 9.95. The predicted octanol–water partition coefficient (Wildman–Crippen LogP) is 5.54. The molecular weight excluding hydrogens is 484 g/mol. The van der Waals surface area contributed by atoms with Crippen LogP contribution in [0.5, 0.6) is 0 Å². The Kier molecular flexibility index (Phi) is 6.18. The molecule has 4 aromatic rings. The van der Waals surface area contributed by atoms with Crippen molar-refractivity contribution in [3.05, 3.63) is 71.6 Å². The summed E-state index contributed by atoms with van der Waals surface area (Å²) in [6.07, 6.45) is 7.23. The van der Waals surface area contributed by atoms with Crippen LogP contribution in [0, 0.1) is 29.9 Å². The zero-order valence-electron chi connectivity index (χ0n) is 19.5. The molecule has 0 radical (unpaired) electrons. The van der Waals surface area contributed by atoms with Crippen LogP contribution in [-0.4, -0.2) is 28.4 Å². The first kappa shape index (κ1) is 23.9. The van der Waals surface area contributed by atoms with Crippen LogP contribution >= 0.6 is 0 Å². The Labute approximate surface area is 207 Å². The Morgan fingerprint density at radius 1 is 1.08 bits per heavy atom. The van der Waals surface area contributed by atoms with Gasteiger partial charge < -0.3 is 5.32 Å². The minimum atomic E-state index is -4.20. The summed E-state index contributed by atoms with van der Waals surface area (Å²) >= 11 is 0. The molecule has 184 valence electrons. The third kappa shape index (κ3) is 4.31. The average molecular weight is 508 g/mol. The number of aryl methyl sites for hydroxylation is 1. The smallest absolute Gasteiger partial charge is 0.268 e. The summed E-state index contributed by atoms with van der Waals surface area (Å²) in [4.78, 5) is 8.39. The minimum absolute atomic E-state index is 0.00565. The highest BCUT2D eigenvalue weighted by molar-refractivity contribution is 7.90. The first-order valence-corrected chi connectivity index (χ1v) is 13.1. The van der Waals surface area contributed by atoms with E-state index in [-0.39, 0.29) is 44.6 Å². The number of aromatic nitrogens is 3. The summed E-state index contributed by atoms with van der Waals surface area (Å²) in [5.41, 5.74) is 0.812. The van der Waals surface area contributed by atoms with Gasteiger partial charge in [-0.3, -0.25) is 0 Å². The van der Waals surface area contributed by atoms with Crippen molar-refractivity contribution in [2.75, 3.05) is 5.32 Å². The summed E-state index contributed by atoms with van der Waals surface area (Å²) in [5.74, 6) is -1.49. The SMILES string of the molecule is Cc1ccc(S(=O)(=O)n2cc(-c3ncc(F)c(NC4CCCCC4)n3)c3cc(C#N)cc(F)c32)cc1. The number of nitrogens with zero attached hydrogens (tertiary/aromatic N) is 4. The number of nitrogens with one attached hydrogen (secondary N) is 1. The van der Waals surface area contributed by atoms with E-state index in [1.54, 1.807) is 12.1 Å². The third-order valence-corrected chi connectivity index (χ3v) is 8.13. The lowest BCUT2D eigenvalue weighted by Gasteiger charge is -2.23. The maximum absolute atomic E-state index is 15.2. The van der Waals surface area contributed by atoms with Gasteiger partial charge in [-0.15, -0.1) is 0 Å². The molecule has 0 unspecified atom stereocenters. The van der Waals surface area contributed by atoms with Gasteiger partial charge in [0.2, 0.25) is 0 Å². The van der Waals surface area contributed by atoms with Crippen molar-refractivity contribution >= 4 is 26.7 Å². The number of fused-ring (bicyclic) bond motifs is 1. The van der Waals surface area contributed by atoms with E-state index in [1.165, 1.54) is 24.4 Å². The summed E-state index contributed by atoms with van der Waals surface area (Å²) in [5, 5.41) is 12.7. The Morgan fingerprint density at radius 3 is 2.50 bits per heavy atom. The van der Waals surface area contributed by atoms with Gasteiger partial charge in [-0.1, -0.05) is 37.0 Å². The number of anilines is 1. The van der Waals surface area contributed by atoms with Crippen molar-refractivity contribution in [1.82, 2.24) is 13.9 Å². The molecule has 5 rings (SSSR count). The number of benzene rings is 2. The molecule has 36 heavy (non-hydrogen) atoms. The van der Waals surface area contributed by atoms with Crippen LogP contribution in [0.3, 0.4) is 0 Å². The van der Waals surface area contributed by atoms with E-state index >= 15 is 4.39 Å². The quantitative estimate of drug-likeness (QED) is 0.381. The Morgan fingerprint density at radius 2 is 1.81 bits per heavy atom. The van der Waals surface area contributed by atoms with Gasteiger partial charge in [0.15, 0.2) is 17.5 Å². The molecule has 0 atom stereocenters. The number of hydrogen-bond donors (Lipinski definition) is 1. The maximum atomic E-state index is 15.2. The van der Waals surface area contributed by atoms with Crippen LogP contribution in [0.1, 0.15) is 43.2 Å². The third-order valence-electron chi connectivity index (χ3n) is 6.46. The van der Waals surface area contributed by atoms with E-state index in [4.69, 9.17) is 0 Å². The van der Waals surface area contributed by atoms with Gasteiger partial charge >= 0.3 is 0 Å². The number of hydrogen-bond acceptors (Lipinski definition) is 6. The van der Waals surface area contributed by atoms with Gasteiger partial charge in [0.25, 0.3) is 10.0 Å². The van der Waals surface area contributed by atoms with Crippen molar-refractivity contribution < 1.29 is 17.2 Å². The maximum Gasteiger partial charge on any atom is 0.268 e. The largest absolute Gasteiger partial charge is 0.365 e. The average Bonchev–Trinajstić information content (AvgIpc) is 3.27. The fraction of sp³-hybridized carbons (Fsp3) is 0.269. The molecule has 1 aliphatic carbocycles. The highest BCUT2D eigenvalue weighted by atomic mass is 32.2. The van der Waals surface area contributed by atoms with E-state index in [0.717, 1.165) is 53.9 Å². The zero-order valence-corrected chi connectivity index (χ0v) is 20.3. The molecular formula is C26H23F2N5O2S. The molecule has 2 aromatic heterocycles. The van der Waals surface area contributed by atoms with Crippen molar-refractivity contribution in [2.45, 2.75) is 50.0 Å². The van der Waals surface area contributed by atoms with Gasteiger partial charge in [-0.05, 0) is 44.0 Å². The van der Waals surface area contributed by atoms with Crippen LogP contribution in [0.2, 0.25) is 0 Å². The molecule has 7 nitrogen and oxygen atoms in total. The highest BCUT2D eigenvalue weighted by Crippen LogP contribution is 2.35. The van der Waals surface area contributed by atoms with Crippen LogP contribution in [0.25, 0.3) is 22.3 Å². The summed E-state index contributed by atoms with van der Waals surface area (Å²) in [6.45, 7) is 1.83. The van der Waals surface area contributed by atoms with Crippen LogP contribution < -0.4 is 5.32 Å². The van der Waals surface area contributed by atoms with E-state index in [0.29, 0.717) is 0 Å². The Hall–Kier alpha value is -3.84. The highest BCUT2D eigenvalue weighted by Gasteiger charge is 2.26. The molecule has 1 aliphatic rings. The number of halogens is 2. The monoisotopic (exact) mass is 507 g/mol. The molecule has 10 heteroatoms. The molecule has 0 bridgehead atoms. The molecule has 0 spiro atoms. The fourth-order valence-corrected chi connectivity index (χ4v) is 5.95. The molecule has 1 N–H and O–H groups in total. The zero-order chi connectivity index (χ0) is 25.4. The molecule has 0 aliphatic heterocycles. The van der Waals surface area contributed by atoms with E-state index in [9.17, 15) is 18.1 Å². The minimum Gasteiger partial charge on any atom is -0.365 e. The number of rotatable bonds is 5. The topological polar surface area (TPSA) is 101 Å². The van der Waals surface area contributed by atoms with E-state index in [1.807, 2.05) is 13.0 Å². The number of nitriles is 1. The van der Waals surface area contributed by atoms with Crippen LogP contribution in [0.15, 0.2) is 53.7 Å². The summed E-state index contributed by atoms with van der Waals surface area (Å²) in [7, 11) is -4.20. The second kappa shape index (κ2) is 9.32. The molecule has 0 amide bonds. The van der Waals surface area contributed by atoms with Gasteiger partial charge in [-0.2, -0.15) is 5.26 Å². The van der Waals surface area contributed by atoms with Crippen molar-refractivity contribution in [3.63, 3.8) is 0 Å². The molecule has 1 fully saturated rings. The fourth-order valence-electron chi connectivity index (χ4n) is 4.57. The van der Waals surface area contributed by atoms with E-state index in [2.05, 4.69) is 15.3 Å². The lowest BCUT2D eigenvalue weighted by Crippen LogP contribution is -2.23. The lowest BCUT2D eigenvalue weighted by molar-refractivity contribution is 0.459.